The van der Waals surface area contributed by atoms with Gasteiger partial charge in [0, 0.05) is 12.8 Å². The molecule has 0 spiro atoms. The van der Waals surface area contributed by atoms with Crippen LogP contribution in [0.2, 0.25) is 0 Å². The molecule has 0 bridgehead atoms. The highest BCUT2D eigenvalue weighted by molar-refractivity contribution is 5.53. The van der Waals surface area contributed by atoms with Crippen molar-refractivity contribution in [2.45, 2.75) is 19.3 Å². The van der Waals surface area contributed by atoms with Crippen molar-refractivity contribution < 1.29 is 9.58 Å². The summed E-state index contributed by atoms with van der Waals surface area (Å²) in [6, 6.07) is 0. The molecular weight excluding hydrogens is 116 g/mol. The SMILES string of the molecule is [N-]=[N+]=CCCCC=[N+]=[N-]. The lowest BCUT2D eigenvalue weighted by Crippen LogP contribution is -1.79. The zero-order valence-corrected chi connectivity index (χ0v) is 5.06. The maximum atomic E-state index is 7.91. The second-order valence-corrected chi connectivity index (χ2v) is 1.53. The van der Waals surface area contributed by atoms with Crippen LogP contribution in [0, 0.1) is 0 Å². The zero-order valence-electron chi connectivity index (χ0n) is 5.06. The third kappa shape index (κ3) is 6.76. The lowest BCUT2D eigenvalue weighted by molar-refractivity contribution is -0.000859. The van der Waals surface area contributed by atoms with E-state index in [0.29, 0.717) is 12.8 Å². The number of unbranched alkanes of at least 4 members (excludes halogenated alkanes) is 2. The van der Waals surface area contributed by atoms with Gasteiger partial charge in [0.2, 0.25) is 0 Å². The molecule has 0 rings (SSSR count). The average Bonchev–Trinajstić information content (AvgIpc) is 1.89. The smallest absolute Gasteiger partial charge is 0.257 e. The van der Waals surface area contributed by atoms with Crippen molar-refractivity contribution in [2.75, 3.05) is 0 Å². The predicted octanol–water partition coefficient (Wildman–Crippen LogP) is 0.758. The summed E-state index contributed by atoms with van der Waals surface area (Å²) >= 11 is 0. The summed E-state index contributed by atoms with van der Waals surface area (Å²) in [5, 5.41) is 0. The van der Waals surface area contributed by atoms with Gasteiger partial charge in [-0.1, -0.05) is 0 Å². The van der Waals surface area contributed by atoms with Crippen molar-refractivity contribution in [2.24, 2.45) is 0 Å². The summed E-state index contributed by atoms with van der Waals surface area (Å²) in [6.45, 7) is 0. The summed E-state index contributed by atoms with van der Waals surface area (Å²) in [5.41, 5.74) is 15.8. The topological polar surface area (TPSA) is 72.8 Å². The molecule has 0 aliphatic heterocycles. The largest absolute Gasteiger partial charge is 0.362 e. The van der Waals surface area contributed by atoms with Crippen molar-refractivity contribution in [1.29, 1.82) is 0 Å². The summed E-state index contributed by atoms with van der Waals surface area (Å²) in [4.78, 5) is 5.60. The second-order valence-electron chi connectivity index (χ2n) is 1.53. The Morgan fingerprint density at radius 2 is 1.44 bits per heavy atom. The Kier molecular flexibility index (Phi) is 5.83. The van der Waals surface area contributed by atoms with Gasteiger partial charge in [-0.05, 0) is 6.42 Å². The van der Waals surface area contributed by atoms with E-state index in [1.54, 1.807) is 0 Å². The number of hydrogen-bond donors (Lipinski definition) is 0. The molecule has 0 aromatic carbocycles. The van der Waals surface area contributed by atoms with Gasteiger partial charge in [-0.15, -0.1) is 0 Å². The molecule has 48 valence electrons. The summed E-state index contributed by atoms with van der Waals surface area (Å²) in [7, 11) is 0. The van der Waals surface area contributed by atoms with E-state index in [2.05, 4.69) is 9.58 Å². The Morgan fingerprint density at radius 1 is 1.00 bits per heavy atom. The van der Waals surface area contributed by atoms with E-state index in [-0.39, 0.29) is 0 Å². The van der Waals surface area contributed by atoms with E-state index in [9.17, 15) is 0 Å². The lowest BCUT2D eigenvalue weighted by atomic mass is 10.3. The van der Waals surface area contributed by atoms with E-state index >= 15 is 0 Å². The molecule has 0 atom stereocenters. The molecule has 0 aliphatic rings. The molecule has 0 saturated heterocycles. The highest BCUT2D eigenvalue weighted by Crippen LogP contribution is 1.85. The van der Waals surface area contributed by atoms with Crippen LogP contribution < -0.4 is 0 Å². The van der Waals surface area contributed by atoms with Crippen LogP contribution in [0.5, 0.6) is 0 Å². The average molecular weight is 124 g/mol. The van der Waals surface area contributed by atoms with Crippen molar-refractivity contribution in [3.8, 4) is 0 Å². The monoisotopic (exact) mass is 124 g/mol. The van der Waals surface area contributed by atoms with E-state index in [1.165, 1.54) is 12.4 Å². The minimum atomic E-state index is 0.711. The van der Waals surface area contributed by atoms with E-state index in [0.717, 1.165) is 6.42 Å². The van der Waals surface area contributed by atoms with E-state index < -0.39 is 0 Å². The van der Waals surface area contributed by atoms with Crippen LogP contribution in [-0.4, -0.2) is 22.0 Å². The molecule has 0 aliphatic carbocycles. The Bertz CT molecular complexity index is 132. The van der Waals surface area contributed by atoms with Gasteiger partial charge < -0.3 is 11.1 Å². The van der Waals surface area contributed by atoms with Gasteiger partial charge in [0.1, 0.15) is 0 Å². The van der Waals surface area contributed by atoms with Crippen molar-refractivity contribution >= 4 is 12.4 Å². The quantitative estimate of drug-likeness (QED) is 0.230. The molecule has 0 fully saturated rings. The number of nitrogens with zero attached hydrogens (tertiary/aromatic N) is 4. The molecular formula is C5H8N4. The third-order valence-electron chi connectivity index (χ3n) is 0.830. The van der Waals surface area contributed by atoms with Crippen molar-refractivity contribution in [3.63, 3.8) is 0 Å². The molecule has 0 aromatic heterocycles. The first kappa shape index (κ1) is 7.76. The highest BCUT2D eigenvalue weighted by Gasteiger charge is 1.86. The van der Waals surface area contributed by atoms with E-state index in [1.807, 2.05) is 0 Å². The maximum absolute atomic E-state index is 7.91. The minimum Gasteiger partial charge on any atom is -0.362 e. The van der Waals surface area contributed by atoms with Gasteiger partial charge in [0.15, 0.2) is 0 Å². The molecule has 4 nitrogen and oxygen atoms in total. The van der Waals surface area contributed by atoms with Gasteiger partial charge in [-0.3, -0.25) is 0 Å². The van der Waals surface area contributed by atoms with Crippen LogP contribution in [-0.2, 0) is 0 Å². The molecule has 4 heteroatoms. The molecule has 0 amide bonds. The first-order chi connectivity index (χ1) is 4.41. The molecule has 0 aromatic rings. The summed E-state index contributed by atoms with van der Waals surface area (Å²) < 4.78 is 0. The Morgan fingerprint density at radius 3 is 1.78 bits per heavy atom. The van der Waals surface area contributed by atoms with Crippen molar-refractivity contribution in [3.05, 3.63) is 11.1 Å². The first-order valence-electron chi connectivity index (χ1n) is 2.73. The van der Waals surface area contributed by atoms with Crippen LogP contribution in [0.3, 0.4) is 0 Å². The number of hydrogen-bond acceptors (Lipinski definition) is 0. The fourth-order valence-electron chi connectivity index (χ4n) is 0.416. The minimum absolute atomic E-state index is 0.711. The van der Waals surface area contributed by atoms with E-state index in [4.69, 9.17) is 11.1 Å². The lowest BCUT2D eigenvalue weighted by Gasteiger charge is -1.75. The Balaban J connectivity index is 3.09. The number of rotatable bonds is 4. The highest BCUT2D eigenvalue weighted by atomic mass is 14.8. The van der Waals surface area contributed by atoms with Gasteiger partial charge in [0.25, 0.3) is 12.4 Å². The Hall–Kier alpha value is -1.24. The van der Waals surface area contributed by atoms with Crippen LogP contribution >= 0.6 is 0 Å². The van der Waals surface area contributed by atoms with Crippen LogP contribution in [0.1, 0.15) is 19.3 Å². The molecule has 0 heterocycles. The molecule has 0 saturated carbocycles. The van der Waals surface area contributed by atoms with Gasteiger partial charge in [-0.2, -0.15) is 9.58 Å². The maximum Gasteiger partial charge on any atom is 0.257 e. The van der Waals surface area contributed by atoms with Gasteiger partial charge >= 0.3 is 0 Å². The van der Waals surface area contributed by atoms with Crippen LogP contribution in [0.4, 0.5) is 0 Å². The van der Waals surface area contributed by atoms with Gasteiger partial charge in [-0.25, -0.2) is 0 Å². The molecule has 0 unspecified atom stereocenters. The molecule has 0 radical (unpaired) electrons. The fraction of sp³-hybridized carbons (Fsp3) is 0.600. The first-order valence-corrected chi connectivity index (χ1v) is 2.73. The summed E-state index contributed by atoms with van der Waals surface area (Å²) in [5.74, 6) is 0. The molecule has 0 N–H and O–H groups in total. The normalized spacial score (nSPS) is 7.11. The van der Waals surface area contributed by atoms with Crippen molar-refractivity contribution in [1.82, 2.24) is 0 Å². The zero-order chi connectivity index (χ0) is 6.95. The third-order valence-corrected chi connectivity index (χ3v) is 0.830. The predicted molar refractivity (Wildman–Crippen MR) is 33.2 cm³/mol. The Labute approximate surface area is 53.4 Å². The molecule has 9 heavy (non-hydrogen) atoms. The van der Waals surface area contributed by atoms with Gasteiger partial charge in [0.05, 0.1) is 0 Å². The summed E-state index contributed by atoms with van der Waals surface area (Å²) in [6.07, 6.45) is 5.08. The fourth-order valence-corrected chi connectivity index (χ4v) is 0.416. The standard InChI is InChI=1S/C5H8N4/c6-8-4-2-1-3-5-9-7/h4-5H,1-3H2. The second kappa shape index (κ2) is 6.76. The van der Waals surface area contributed by atoms with Crippen LogP contribution in [0.25, 0.3) is 11.1 Å². The van der Waals surface area contributed by atoms with Crippen LogP contribution in [0.15, 0.2) is 0 Å².